The van der Waals surface area contributed by atoms with Crippen LogP contribution in [0.3, 0.4) is 0 Å². The van der Waals surface area contributed by atoms with E-state index in [1.807, 2.05) is 0 Å². The topological polar surface area (TPSA) is 38.7 Å². The Bertz CT molecular complexity index is 270. The van der Waals surface area contributed by atoms with Crippen molar-refractivity contribution in [2.24, 2.45) is 0 Å². The Labute approximate surface area is 105 Å². The minimum atomic E-state index is -1.86. The summed E-state index contributed by atoms with van der Waals surface area (Å²) in [4.78, 5) is 0. The second-order valence-corrected chi connectivity index (χ2v) is 11.2. The minimum absolute atomic E-state index is 0.108. The molecule has 1 rings (SSSR count). The fourth-order valence-electron chi connectivity index (χ4n) is 1.56. The van der Waals surface area contributed by atoms with E-state index in [-0.39, 0.29) is 11.6 Å². The van der Waals surface area contributed by atoms with Gasteiger partial charge in [-0.25, -0.2) is 4.39 Å². The van der Waals surface area contributed by atoms with Crippen molar-refractivity contribution in [1.82, 2.24) is 0 Å². The van der Waals surface area contributed by atoms with Crippen molar-refractivity contribution in [3.05, 3.63) is 0 Å². The van der Waals surface area contributed by atoms with Gasteiger partial charge in [0.15, 0.2) is 8.32 Å². The summed E-state index contributed by atoms with van der Waals surface area (Å²) in [5.74, 6) is 0. The second kappa shape index (κ2) is 4.99. The molecule has 100 valence electrons. The Balaban J connectivity index is 2.53. The highest BCUT2D eigenvalue weighted by atomic mass is 28.4. The molecule has 0 aromatic rings. The van der Waals surface area contributed by atoms with Crippen LogP contribution in [0.5, 0.6) is 0 Å². The maximum absolute atomic E-state index is 13.4. The number of halogens is 1. The lowest BCUT2D eigenvalue weighted by atomic mass is 9.94. The van der Waals surface area contributed by atoms with Gasteiger partial charge in [-0.2, -0.15) is 0 Å². The summed E-state index contributed by atoms with van der Waals surface area (Å²) in [6.45, 7) is 11.0. The van der Waals surface area contributed by atoms with Crippen LogP contribution in [0.15, 0.2) is 0 Å². The predicted octanol–water partition coefficient (Wildman–Crippen LogP) is 1.07. The van der Waals surface area contributed by atoms with Crippen molar-refractivity contribution in [2.75, 3.05) is 6.61 Å². The first kappa shape index (κ1) is 15.2. The van der Waals surface area contributed by atoms with Crippen molar-refractivity contribution in [3.63, 3.8) is 0 Å². The SMILES string of the molecule is B[C@@H]1OC(CO[Si](C)(C)C(C)(C)C)C(O)[C@@H]1F. The summed E-state index contributed by atoms with van der Waals surface area (Å²) in [7, 11) is -0.221. The molecule has 1 fully saturated rings. The molecule has 17 heavy (non-hydrogen) atoms. The Morgan fingerprint density at radius 1 is 1.41 bits per heavy atom. The van der Waals surface area contributed by atoms with Gasteiger partial charge in [-0.05, 0) is 18.1 Å². The summed E-state index contributed by atoms with van der Waals surface area (Å²) in [6, 6.07) is -0.544. The third-order valence-electron chi connectivity index (χ3n) is 3.96. The molecule has 0 aromatic heterocycles. The molecular formula is C11H24BFO3Si. The molecule has 2 unspecified atom stereocenters. The average molecular weight is 262 g/mol. The monoisotopic (exact) mass is 262 g/mol. The highest BCUT2D eigenvalue weighted by molar-refractivity contribution is 6.74. The molecular weight excluding hydrogens is 238 g/mol. The van der Waals surface area contributed by atoms with Crippen LogP contribution in [0.2, 0.25) is 18.1 Å². The minimum Gasteiger partial charge on any atom is -0.414 e. The van der Waals surface area contributed by atoms with Crippen molar-refractivity contribution < 1.29 is 18.7 Å². The van der Waals surface area contributed by atoms with Crippen molar-refractivity contribution in [1.29, 1.82) is 0 Å². The molecule has 3 nitrogen and oxygen atoms in total. The van der Waals surface area contributed by atoms with E-state index >= 15 is 0 Å². The van der Waals surface area contributed by atoms with Crippen LogP contribution in [-0.2, 0) is 9.16 Å². The normalized spacial score (nSPS) is 35.2. The number of rotatable bonds is 3. The van der Waals surface area contributed by atoms with Crippen molar-refractivity contribution in [2.45, 2.75) is 63.3 Å². The summed E-state index contributed by atoms with van der Waals surface area (Å²) in [5, 5.41) is 9.77. The third kappa shape index (κ3) is 3.31. The number of alkyl halides is 1. The fourth-order valence-corrected chi connectivity index (χ4v) is 2.57. The highest BCUT2D eigenvalue weighted by Crippen LogP contribution is 2.37. The first-order chi connectivity index (χ1) is 7.56. The number of aliphatic hydroxyl groups excluding tert-OH is 1. The molecule has 4 atom stereocenters. The van der Waals surface area contributed by atoms with Gasteiger partial charge in [-0.1, -0.05) is 20.8 Å². The third-order valence-corrected chi connectivity index (χ3v) is 8.46. The van der Waals surface area contributed by atoms with Gasteiger partial charge in [-0.3, -0.25) is 0 Å². The van der Waals surface area contributed by atoms with Crippen LogP contribution in [-0.4, -0.2) is 52.3 Å². The van der Waals surface area contributed by atoms with Crippen LogP contribution >= 0.6 is 0 Å². The molecule has 1 N–H and O–H groups in total. The average Bonchev–Trinajstić information content (AvgIpc) is 2.41. The summed E-state index contributed by atoms with van der Waals surface area (Å²) in [6.07, 6.45) is -2.90. The molecule has 0 aliphatic carbocycles. The van der Waals surface area contributed by atoms with Gasteiger partial charge in [0.2, 0.25) is 0 Å². The van der Waals surface area contributed by atoms with Crippen LogP contribution < -0.4 is 0 Å². The van der Waals surface area contributed by atoms with E-state index < -0.39 is 32.7 Å². The van der Waals surface area contributed by atoms with E-state index in [1.165, 1.54) is 0 Å². The number of ether oxygens (including phenoxy) is 1. The van der Waals surface area contributed by atoms with E-state index in [2.05, 4.69) is 33.9 Å². The van der Waals surface area contributed by atoms with Crippen LogP contribution in [0.25, 0.3) is 0 Å². The van der Waals surface area contributed by atoms with Gasteiger partial charge in [0.1, 0.15) is 26.2 Å². The Morgan fingerprint density at radius 3 is 2.29 bits per heavy atom. The first-order valence-electron chi connectivity index (χ1n) is 6.18. The van der Waals surface area contributed by atoms with E-state index in [4.69, 9.17) is 9.16 Å². The van der Waals surface area contributed by atoms with Crippen molar-refractivity contribution >= 4 is 16.2 Å². The first-order valence-corrected chi connectivity index (χ1v) is 9.08. The van der Waals surface area contributed by atoms with E-state index in [9.17, 15) is 9.50 Å². The zero-order chi connectivity index (χ0) is 13.4. The molecule has 0 saturated carbocycles. The largest absolute Gasteiger partial charge is 0.414 e. The van der Waals surface area contributed by atoms with E-state index in [0.29, 0.717) is 0 Å². The molecule has 1 aliphatic heterocycles. The zero-order valence-corrected chi connectivity index (χ0v) is 12.7. The fraction of sp³-hybridized carbons (Fsp3) is 1.00. The smallest absolute Gasteiger partial charge is 0.192 e. The van der Waals surface area contributed by atoms with Gasteiger partial charge in [0, 0.05) is 0 Å². The van der Waals surface area contributed by atoms with Crippen LogP contribution in [0, 0.1) is 0 Å². The zero-order valence-electron chi connectivity index (χ0n) is 11.7. The van der Waals surface area contributed by atoms with Gasteiger partial charge in [0.05, 0.1) is 12.6 Å². The van der Waals surface area contributed by atoms with Crippen LogP contribution in [0.1, 0.15) is 20.8 Å². The molecule has 1 heterocycles. The van der Waals surface area contributed by atoms with Crippen LogP contribution in [0.4, 0.5) is 4.39 Å². The van der Waals surface area contributed by atoms with E-state index in [1.54, 1.807) is 7.85 Å². The molecule has 0 spiro atoms. The number of hydrogen-bond acceptors (Lipinski definition) is 3. The Kier molecular flexibility index (Phi) is 4.45. The standard InChI is InChI=1S/C11H24BFO3Si/c1-11(2,3)17(4,5)15-6-7-9(14)8(13)10(12)16-7/h7-10,14H,6,12H2,1-5H3/t7?,8-,9?,10+/m0/s1. The van der Waals surface area contributed by atoms with Crippen molar-refractivity contribution in [3.8, 4) is 0 Å². The van der Waals surface area contributed by atoms with Gasteiger partial charge in [-0.15, -0.1) is 0 Å². The number of aliphatic hydroxyl groups is 1. The highest BCUT2D eigenvalue weighted by Gasteiger charge is 2.44. The lowest BCUT2D eigenvalue weighted by Gasteiger charge is -2.37. The molecule has 0 bridgehead atoms. The Hall–Kier alpha value is 0.0918. The van der Waals surface area contributed by atoms with Gasteiger partial charge in [0.25, 0.3) is 0 Å². The van der Waals surface area contributed by atoms with E-state index in [0.717, 1.165) is 0 Å². The maximum Gasteiger partial charge on any atom is 0.192 e. The Morgan fingerprint density at radius 2 is 1.94 bits per heavy atom. The summed E-state index contributed by atoms with van der Waals surface area (Å²) < 4.78 is 24.7. The molecule has 0 radical (unpaired) electrons. The predicted molar refractivity (Wildman–Crippen MR) is 71.3 cm³/mol. The lowest BCUT2D eigenvalue weighted by molar-refractivity contribution is -0.00237. The quantitative estimate of drug-likeness (QED) is 0.773. The molecule has 6 heteroatoms. The number of hydrogen-bond donors (Lipinski definition) is 1. The summed E-state index contributed by atoms with van der Waals surface area (Å²) in [5.41, 5.74) is 0. The molecule has 0 amide bonds. The summed E-state index contributed by atoms with van der Waals surface area (Å²) >= 11 is 0. The molecule has 1 aliphatic rings. The second-order valence-electron chi connectivity index (χ2n) is 6.39. The van der Waals surface area contributed by atoms with Gasteiger partial charge >= 0.3 is 0 Å². The lowest BCUT2D eigenvalue weighted by Crippen LogP contribution is -2.44. The molecule has 0 aromatic carbocycles. The van der Waals surface area contributed by atoms with Gasteiger partial charge < -0.3 is 14.3 Å². The molecule has 1 saturated heterocycles. The maximum atomic E-state index is 13.4.